The molecule has 2 aromatic carbocycles. The van der Waals surface area contributed by atoms with Crippen molar-refractivity contribution >= 4 is 17.8 Å². The second-order valence-corrected chi connectivity index (χ2v) is 5.92. The van der Waals surface area contributed by atoms with Crippen molar-refractivity contribution in [2.45, 2.75) is 19.8 Å². The first-order chi connectivity index (χ1) is 12.2. The van der Waals surface area contributed by atoms with E-state index >= 15 is 0 Å². The number of nitrogens with one attached hydrogen (secondary N) is 1. The molecule has 3 aromatic rings. The molecular formula is C21H20N2O2. The Morgan fingerprint density at radius 2 is 1.56 bits per heavy atom. The van der Waals surface area contributed by atoms with Crippen molar-refractivity contribution in [1.82, 2.24) is 4.98 Å². The summed E-state index contributed by atoms with van der Waals surface area (Å²) in [6, 6.07) is 11.5. The lowest BCUT2D eigenvalue weighted by Crippen LogP contribution is -2.36. The molecule has 0 aliphatic carbocycles. The molecule has 0 amide bonds. The summed E-state index contributed by atoms with van der Waals surface area (Å²) in [6.45, 7) is 2.80. The molecule has 0 unspecified atom stereocenters. The largest absolute Gasteiger partial charge is 0.381 e. The average molecular weight is 332 g/mol. The van der Waals surface area contributed by atoms with Crippen LogP contribution in [0.4, 0.5) is 5.69 Å². The summed E-state index contributed by atoms with van der Waals surface area (Å²) in [7, 11) is 0. The number of aromatic nitrogens is 1. The minimum atomic E-state index is -0.409. The van der Waals surface area contributed by atoms with E-state index in [1.165, 1.54) is 0 Å². The predicted octanol–water partition coefficient (Wildman–Crippen LogP) is 3.73. The normalized spacial score (nSPS) is 11.2. The topological polar surface area (TPSA) is 59.1 Å². The summed E-state index contributed by atoms with van der Waals surface area (Å²) in [5.74, 6) is 0. The fraction of sp³-hybridized carbons (Fsp3) is 0.190. The second kappa shape index (κ2) is 7.71. The zero-order chi connectivity index (χ0) is 17.6. The van der Waals surface area contributed by atoms with Gasteiger partial charge in [-0.3, -0.25) is 14.6 Å². The van der Waals surface area contributed by atoms with Gasteiger partial charge in [-0.05, 0) is 35.2 Å². The Kier molecular flexibility index (Phi) is 5.19. The Morgan fingerprint density at radius 1 is 0.920 bits per heavy atom. The van der Waals surface area contributed by atoms with Gasteiger partial charge in [0, 0.05) is 18.9 Å². The number of unbranched alkanes of at least 4 members (excludes halogenated alkanes) is 1. The van der Waals surface area contributed by atoms with Crippen LogP contribution >= 0.6 is 0 Å². The van der Waals surface area contributed by atoms with Crippen molar-refractivity contribution < 1.29 is 0 Å². The molecule has 0 saturated carbocycles. The molecule has 1 heterocycles. The lowest BCUT2D eigenvalue weighted by atomic mass is 9.97. The molecule has 0 aliphatic heterocycles. The third-order valence-electron chi connectivity index (χ3n) is 4.12. The number of rotatable bonds is 7. The molecular weight excluding hydrogens is 312 g/mol. The first-order valence-corrected chi connectivity index (χ1v) is 8.46. The van der Waals surface area contributed by atoms with Crippen molar-refractivity contribution in [3.63, 3.8) is 0 Å². The third-order valence-corrected chi connectivity index (χ3v) is 4.12. The van der Waals surface area contributed by atoms with E-state index in [2.05, 4.69) is 17.2 Å². The highest BCUT2D eigenvalue weighted by atomic mass is 16.2. The van der Waals surface area contributed by atoms with Crippen LogP contribution in [0, 0.1) is 0 Å². The molecule has 0 aliphatic rings. The van der Waals surface area contributed by atoms with Gasteiger partial charge in [-0.25, -0.2) is 0 Å². The van der Waals surface area contributed by atoms with Crippen molar-refractivity contribution in [3.8, 4) is 11.1 Å². The first kappa shape index (κ1) is 16.8. The number of pyridine rings is 1. The molecule has 3 rings (SSSR count). The molecule has 0 fully saturated rings. The van der Waals surface area contributed by atoms with Gasteiger partial charge in [0.05, 0.1) is 11.3 Å². The van der Waals surface area contributed by atoms with Gasteiger partial charge in [0.1, 0.15) is 0 Å². The van der Waals surface area contributed by atoms with Crippen LogP contribution in [0.25, 0.3) is 23.3 Å². The molecule has 0 saturated heterocycles. The van der Waals surface area contributed by atoms with Crippen molar-refractivity contribution in [1.29, 1.82) is 0 Å². The van der Waals surface area contributed by atoms with Gasteiger partial charge < -0.3 is 5.32 Å². The molecule has 126 valence electrons. The van der Waals surface area contributed by atoms with E-state index in [4.69, 9.17) is 0 Å². The maximum absolute atomic E-state index is 11.9. The van der Waals surface area contributed by atoms with E-state index < -0.39 is 10.9 Å². The maximum Gasteiger partial charge on any atom is 0.250 e. The zero-order valence-corrected chi connectivity index (χ0v) is 14.2. The molecule has 25 heavy (non-hydrogen) atoms. The minimum Gasteiger partial charge on any atom is -0.381 e. The Morgan fingerprint density at radius 3 is 2.20 bits per heavy atom. The van der Waals surface area contributed by atoms with E-state index in [0.717, 1.165) is 29.5 Å². The van der Waals surface area contributed by atoms with Gasteiger partial charge in [0.25, 0.3) is 0 Å². The van der Waals surface area contributed by atoms with E-state index in [0.29, 0.717) is 17.8 Å². The van der Waals surface area contributed by atoms with E-state index in [9.17, 15) is 9.59 Å². The quantitative estimate of drug-likeness (QED) is 0.529. The molecule has 0 atom stereocenters. The number of hydrogen-bond donors (Lipinski definition) is 1. The standard InChI is InChI=1S/C21H20N2O2/c1-2-3-12-23-19-18(20(24)21(19)25)17-8-6-15(7-9-17)4-5-16-10-13-22-14-11-16/h4-11,13-14,23H,2-3,12H2,1H3. The molecule has 4 heteroatoms. The van der Waals surface area contributed by atoms with Crippen LogP contribution in [0.3, 0.4) is 0 Å². The fourth-order valence-electron chi connectivity index (χ4n) is 2.65. The molecule has 0 bridgehead atoms. The van der Waals surface area contributed by atoms with Gasteiger partial charge >= 0.3 is 0 Å². The third kappa shape index (κ3) is 3.74. The fourth-order valence-corrected chi connectivity index (χ4v) is 2.65. The van der Waals surface area contributed by atoms with Crippen LogP contribution in [-0.4, -0.2) is 11.5 Å². The average Bonchev–Trinajstić information content (AvgIpc) is 2.67. The van der Waals surface area contributed by atoms with Gasteiger partial charge in [-0.2, -0.15) is 0 Å². The van der Waals surface area contributed by atoms with Crippen molar-refractivity contribution in [3.05, 3.63) is 80.4 Å². The Bertz CT molecular complexity index is 934. The van der Waals surface area contributed by atoms with Crippen molar-refractivity contribution in [2.75, 3.05) is 11.9 Å². The lowest BCUT2D eigenvalue weighted by molar-refractivity contribution is 0.833. The lowest BCUT2D eigenvalue weighted by Gasteiger charge is -2.13. The number of hydrogen-bond acceptors (Lipinski definition) is 4. The number of nitrogens with zero attached hydrogens (tertiary/aromatic N) is 1. The Hall–Kier alpha value is -3.01. The zero-order valence-electron chi connectivity index (χ0n) is 14.2. The van der Waals surface area contributed by atoms with Crippen LogP contribution in [-0.2, 0) is 0 Å². The maximum atomic E-state index is 11.9. The number of anilines is 1. The summed E-state index contributed by atoms with van der Waals surface area (Å²) in [5.41, 5.74) is 3.03. The molecule has 0 radical (unpaired) electrons. The highest BCUT2D eigenvalue weighted by Crippen LogP contribution is 2.24. The van der Waals surface area contributed by atoms with E-state index in [1.54, 1.807) is 12.4 Å². The molecule has 4 nitrogen and oxygen atoms in total. The minimum absolute atomic E-state index is 0.404. The van der Waals surface area contributed by atoms with Gasteiger partial charge in [-0.1, -0.05) is 49.8 Å². The van der Waals surface area contributed by atoms with Gasteiger partial charge in [-0.15, -0.1) is 0 Å². The smallest absolute Gasteiger partial charge is 0.250 e. The summed E-state index contributed by atoms with van der Waals surface area (Å²) >= 11 is 0. The second-order valence-electron chi connectivity index (χ2n) is 5.92. The molecule has 1 aromatic heterocycles. The highest BCUT2D eigenvalue weighted by Gasteiger charge is 2.21. The van der Waals surface area contributed by atoms with Gasteiger partial charge in [0.15, 0.2) is 0 Å². The van der Waals surface area contributed by atoms with Crippen LogP contribution in [0.1, 0.15) is 30.9 Å². The van der Waals surface area contributed by atoms with E-state index in [1.807, 2.05) is 48.6 Å². The van der Waals surface area contributed by atoms with Crippen LogP contribution < -0.4 is 16.2 Å². The summed E-state index contributed by atoms with van der Waals surface area (Å²) < 4.78 is 0. The Balaban J connectivity index is 1.77. The summed E-state index contributed by atoms with van der Waals surface area (Å²) in [6.07, 6.45) is 9.52. The van der Waals surface area contributed by atoms with Crippen LogP contribution in [0.2, 0.25) is 0 Å². The van der Waals surface area contributed by atoms with Crippen LogP contribution in [0.5, 0.6) is 0 Å². The molecule has 0 spiro atoms. The van der Waals surface area contributed by atoms with Crippen molar-refractivity contribution in [2.24, 2.45) is 0 Å². The SMILES string of the molecule is CCCCNc1c(-c2ccc(C=Cc3ccncc3)cc2)c(=O)c1=O. The Labute approximate surface area is 146 Å². The first-order valence-electron chi connectivity index (χ1n) is 8.46. The predicted molar refractivity (Wildman–Crippen MR) is 103 cm³/mol. The highest BCUT2D eigenvalue weighted by molar-refractivity contribution is 5.82. The summed E-state index contributed by atoms with van der Waals surface area (Å²) in [5, 5.41) is 3.10. The van der Waals surface area contributed by atoms with E-state index in [-0.39, 0.29) is 0 Å². The summed E-state index contributed by atoms with van der Waals surface area (Å²) in [4.78, 5) is 27.7. The molecule has 1 N–H and O–H groups in total. The van der Waals surface area contributed by atoms with Gasteiger partial charge in [0.2, 0.25) is 10.9 Å². The van der Waals surface area contributed by atoms with Crippen LogP contribution in [0.15, 0.2) is 58.4 Å². The number of benzene rings is 1. The monoisotopic (exact) mass is 332 g/mol.